The van der Waals surface area contributed by atoms with Crippen LogP contribution in [-0.4, -0.2) is 15.7 Å². The van der Waals surface area contributed by atoms with Crippen LogP contribution in [0.3, 0.4) is 0 Å². The maximum Gasteiger partial charge on any atom is 0.144 e. The Morgan fingerprint density at radius 1 is 0.897 bits per heavy atom. The van der Waals surface area contributed by atoms with Gasteiger partial charge < -0.3 is 10.3 Å². The van der Waals surface area contributed by atoms with Gasteiger partial charge in [-0.1, -0.05) is 48.5 Å². The Balaban J connectivity index is 1.49. The van der Waals surface area contributed by atoms with E-state index in [2.05, 4.69) is 64.0 Å². The van der Waals surface area contributed by atoms with Crippen LogP contribution in [0.25, 0.3) is 10.9 Å². The van der Waals surface area contributed by atoms with Gasteiger partial charge in [-0.05, 0) is 35.4 Å². The summed E-state index contributed by atoms with van der Waals surface area (Å²) in [4.78, 5) is 3.38. The highest BCUT2D eigenvalue weighted by atomic mass is 19.1. The minimum Gasteiger partial charge on any atom is -0.361 e. The number of halogens is 1. The van der Waals surface area contributed by atoms with E-state index in [1.807, 2.05) is 18.2 Å². The maximum absolute atomic E-state index is 13.4. The predicted octanol–water partition coefficient (Wildman–Crippen LogP) is 5.58. The molecule has 0 aliphatic carbocycles. The number of para-hydroxylation sites is 2. The van der Waals surface area contributed by atoms with Gasteiger partial charge in [-0.3, -0.25) is 5.01 Å². The van der Waals surface area contributed by atoms with Crippen LogP contribution >= 0.6 is 0 Å². The van der Waals surface area contributed by atoms with Gasteiger partial charge in [0, 0.05) is 34.8 Å². The first kappa shape index (κ1) is 16.4. The van der Waals surface area contributed by atoms with Gasteiger partial charge in [0.15, 0.2) is 0 Å². The van der Waals surface area contributed by atoms with Crippen LogP contribution in [0.2, 0.25) is 0 Å². The highest BCUT2D eigenvalue weighted by Gasteiger charge is 2.40. The Morgan fingerprint density at radius 2 is 1.69 bits per heavy atom. The fourth-order valence-corrected chi connectivity index (χ4v) is 4.51. The number of aromatic nitrogens is 1. The molecule has 4 nitrogen and oxygen atoms in total. The molecule has 6 rings (SSSR count). The lowest BCUT2D eigenvalue weighted by Gasteiger charge is -2.39. The number of anilines is 1. The molecular formula is C24H19FN4. The number of fused-ring (bicyclic) bond motifs is 4. The molecule has 0 bridgehead atoms. The first-order valence-corrected chi connectivity index (χ1v) is 9.81. The van der Waals surface area contributed by atoms with Crippen molar-refractivity contribution in [1.29, 1.82) is 0 Å². The first-order chi connectivity index (χ1) is 14.3. The van der Waals surface area contributed by atoms with E-state index in [0.717, 1.165) is 28.9 Å². The Labute approximate surface area is 167 Å². The average Bonchev–Trinajstić information content (AvgIpc) is 3.39. The van der Waals surface area contributed by atoms with E-state index in [4.69, 9.17) is 5.10 Å². The SMILES string of the molecule is Fc1ccc(C2=NN3[C@@H](c4c[nH]c5ccccc45)Nc4ccccc4[C@@H]3C2)cc1. The highest BCUT2D eigenvalue weighted by molar-refractivity contribution is 6.02. The number of hydrogen-bond donors (Lipinski definition) is 2. The molecule has 0 saturated carbocycles. The zero-order valence-electron chi connectivity index (χ0n) is 15.6. The molecule has 3 heterocycles. The fraction of sp³-hybridized carbons (Fsp3) is 0.125. The predicted molar refractivity (Wildman–Crippen MR) is 113 cm³/mol. The van der Waals surface area contributed by atoms with Crippen molar-refractivity contribution >= 4 is 22.3 Å². The molecule has 5 heteroatoms. The second kappa shape index (κ2) is 6.21. The van der Waals surface area contributed by atoms with Crippen molar-refractivity contribution in [1.82, 2.24) is 9.99 Å². The van der Waals surface area contributed by atoms with Crippen LogP contribution in [-0.2, 0) is 0 Å². The second-order valence-electron chi connectivity index (χ2n) is 7.58. The van der Waals surface area contributed by atoms with Crippen molar-refractivity contribution in [3.8, 4) is 0 Å². The Hall–Kier alpha value is -3.60. The van der Waals surface area contributed by atoms with Crippen LogP contribution < -0.4 is 5.32 Å². The number of H-pyrrole nitrogens is 1. The van der Waals surface area contributed by atoms with Gasteiger partial charge in [-0.25, -0.2) is 4.39 Å². The van der Waals surface area contributed by atoms with E-state index in [1.54, 1.807) is 0 Å². The Morgan fingerprint density at radius 3 is 2.59 bits per heavy atom. The van der Waals surface area contributed by atoms with Crippen molar-refractivity contribution in [3.63, 3.8) is 0 Å². The first-order valence-electron chi connectivity index (χ1n) is 9.81. The molecule has 0 fully saturated rings. The van der Waals surface area contributed by atoms with Crippen LogP contribution in [0.4, 0.5) is 10.1 Å². The fourth-order valence-electron chi connectivity index (χ4n) is 4.51. The Bertz CT molecular complexity index is 1240. The summed E-state index contributed by atoms with van der Waals surface area (Å²) in [6.07, 6.45) is 2.78. The molecule has 0 radical (unpaired) electrons. The standard InChI is InChI=1S/C24H19FN4/c25-16-11-9-15(10-12-16)22-13-23-18-6-2-4-8-21(18)27-24(29(23)28-22)19-14-26-20-7-3-1-5-17(19)20/h1-12,14,23-24,26-27H,13H2/t23-,24-/m0/s1. The summed E-state index contributed by atoms with van der Waals surface area (Å²) in [5.41, 5.74) is 6.61. The molecule has 2 N–H and O–H groups in total. The van der Waals surface area contributed by atoms with E-state index in [9.17, 15) is 4.39 Å². The third-order valence-corrected chi connectivity index (χ3v) is 5.91. The van der Waals surface area contributed by atoms with Gasteiger partial charge in [0.05, 0.1) is 11.8 Å². The third-order valence-electron chi connectivity index (χ3n) is 5.91. The summed E-state index contributed by atoms with van der Waals surface area (Å²) >= 11 is 0. The lowest BCUT2D eigenvalue weighted by Crippen LogP contribution is -2.35. The molecule has 0 unspecified atom stereocenters. The zero-order chi connectivity index (χ0) is 19.4. The molecule has 29 heavy (non-hydrogen) atoms. The molecule has 142 valence electrons. The number of aromatic amines is 1. The topological polar surface area (TPSA) is 43.4 Å². The number of hydrazone groups is 1. The zero-order valence-corrected chi connectivity index (χ0v) is 15.6. The molecule has 2 aliphatic rings. The summed E-state index contributed by atoms with van der Waals surface area (Å²) in [6.45, 7) is 0. The molecule has 0 spiro atoms. The van der Waals surface area contributed by atoms with Gasteiger partial charge in [-0.15, -0.1) is 0 Å². The van der Waals surface area contributed by atoms with E-state index in [-0.39, 0.29) is 18.0 Å². The molecule has 2 aliphatic heterocycles. The van der Waals surface area contributed by atoms with E-state index >= 15 is 0 Å². The van der Waals surface area contributed by atoms with Crippen LogP contribution in [0.5, 0.6) is 0 Å². The van der Waals surface area contributed by atoms with Crippen molar-refractivity contribution in [2.24, 2.45) is 5.10 Å². The molecule has 1 aromatic heterocycles. The number of nitrogens with one attached hydrogen (secondary N) is 2. The van der Waals surface area contributed by atoms with Gasteiger partial charge in [0.25, 0.3) is 0 Å². The summed E-state index contributed by atoms with van der Waals surface area (Å²) in [7, 11) is 0. The third kappa shape index (κ3) is 2.54. The van der Waals surface area contributed by atoms with Crippen LogP contribution in [0, 0.1) is 5.82 Å². The van der Waals surface area contributed by atoms with Gasteiger partial charge in [0.1, 0.15) is 12.0 Å². The number of rotatable bonds is 2. The lowest BCUT2D eigenvalue weighted by atomic mass is 9.94. The van der Waals surface area contributed by atoms with Gasteiger partial charge in [-0.2, -0.15) is 5.10 Å². The molecule has 2 atom stereocenters. The summed E-state index contributed by atoms with van der Waals surface area (Å²) in [6, 6.07) is 23.5. The van der Waals surface area contributed by atoms with Crippen molar-refractivity contribution in [3.05, 3.63) is 102 Å². The lowest BCUT2D eigenvalue weighted by molar-refractivity contribution is 0.170. The quantitative estimate of drug-likeness (QED) is 0.475. The van der Waals surface area contributed by atoms with Gasteiger partial charge >= 0.3 is 0 Å². The minimum atomic E-state index is -0.228. The normalized spacial score (nSPS) is 20.2. The van der Waals surface area contributed by atoms with E-state index < -0.39 is 0 Å². The average molecular weight is 382 g/mol. The second-order valence-corrected chi connectivity index (χ2v) is 7.58. The van der Waals surface area contributed by atoms with Crippen molar-refractivity contribution < 1.29 is 4.39 Å². The Kier molecular flexibility index (Phi) is 3.50. The highest BCUT2D eigenvalue weighted by Crippen LogP contribution is 2.47. The molecule has 0 saturated heterocycles. The number of nitrogens with zero attached hydrogens (tertiary/aromatic N) is 2. The molecule has 3 aromatic carbocycles. The smallest absolute Gasteiger partial charge is 0.144 e. The van der Waals surface area contributed by atoms with Crippen molar-refractivity contribution in [2.75, 3.05) is 5.32 Å². The van der Waals surface area contributed by atoms with Gasteiger partial charge in [0.2, 0.25) is 0 Å². The molecule has 0 amide bonds. The number of hydrogen-bond acceptors (Lipinski definition) is 3. The minimum absolute atomic E-state index is 0.0796. The van der Waals surface area contributed by atoms with Crippen LogP contribution in [0.1, 0.15) is 35.3 Å². The van der Waals surface area contributed by atoms with Crippen LogP contribution in [0.15, 0.2) is 84.1 Å². The molecule has 4 aromatic rings. The molecular weight excluding hydrogens is 363 g/mol. The largest absolute Gasteiger partial charge is 0.361 e. The van der Waals surface area contributed by atoms with E-state index in [0.29, 0.717) is 0 Å². The monoisotopic (exact) mass is 382 g/mol. The summed E-state index contributed by atoms with van der Waals surface area (Å²) < 4.78 is 13.4. The van der Waals surface area contributed by atoms with E-state index in [1.165, 1.54) is 28.6 Å². The summed E-state index contributed by atoms with van der Waals surface area (Å²) in [5, 5.41) is 12.0. The number of benzene rings is 3. The summed E-state index contributed by atoms with van der Waals surface area (Å²) in [5.74, 6) is -0.228. The van der Waals surface area contributed by atoms with Crippen molar-refractivity contribution in [2.45, 2.75) is 18.6 Å². The maximum atomic E-state index is 13.4.